The van der Waals surface area contributed by atoms with E-state index >= 15 is 0 Å². The molecule has 0 aromatic heterocycles. The van der Waals surface area contributed by atoms with Gasteiger partial charge >= 0.3 is 0 Å². The van der Waals surface area contributed by atoms with Gasteiger partial charge in [0, 0.05) is 5.22 Å². The fourth-order valence-electron chi connectivity index (χ4n) is 2.16. The zero-order valence-electron chi connectivity index (χ0n) is 12.1. The van der Waals surface area contributed by atoms with E-state index in [1.165, 1.54) is 6.42 Å². The summed E-state index contributed by atoms with van der Waals surface area (Å²) in [6.07, 6.45) is 3.43. The maximum Gasteiger partial charge on any atom is 0.190 e. The van der Waals surface area contributed by atoms with E-state index in [2.05, 4.69) is 59.2 Å². The van der Waals surface area contributed by atoms with Gasteiger partial charge in [-0.1, -0.05) is 25.7 Å². The van der Waals surface area contributed by atoms with Crippen LogP contribution < -0.4 is 0 Å². The van der Waals surface area contributed by atoms with E-state index in [-0.39, 0.29) is 5.22 Å². The molecular formula is C13H28OSi2. The van der Waals surface area contributed by atoms with Gasteiger partial charge in [0.15, 0.2) is 8.32 Å². The first-order chi connectivity index (χ1) is 7.01. The van der Waals surface area contributed by atoms with Crippen LogP contribution in [0, 0.1) is 5.92 Å². The zero-order valence-corrected chi connectivity index (χ0v) is 14.1. The Bertz CT molecular complexity index is 276. The van der Waals surface area contributed by atoms with E-state index in [0.29, 0.717) is 0 Å². The van der Waals surface area contributed by atoms with E-state index < -0.39 is 16.4 Å². The standard InChI is InChI=1S/C13H28OSi2/c1-9-11-10-12(11)16(7,8)14-13(2,3)15(4,5)6/h9,11-12H,1,10H2,2-8H3. The first kappa shape index (κ1) is 14.2. The Kier molecular flexibility index (Phi) is 3.64. The molecule has 0 amide bonds. The maximum atomic E-state index is 6.60. The third-order valence-electron chi connectivity index (χ3n) is 4.36. The Hall–Kier alpha value is 0.134. The molecule has 0 aromatic rings. The Balaban J connectivity index is 2.70. The lowest BCUT2D eigenvalue weighted by atomic mass is 10.4. The number of rotatable bonds is 5. The largest absolute Gasteiger partial charge is 0.415 e. The third kappa shape index (κ3) is 2.87. The molecule has 1 nitrogen and oxygen atoms in total. The van der Waals surface area contributed by atoms with Crippen molar-refractivity contribution in [2.75, 3.05) is 0 Å². The third-order valence-corrected chi connectivity index (χ3v) is 11.8. The van der Waals surface area contributed by atoms with Gasteiger partial charge in [-0.05, 0) is 44.8 Å². The summed E-state index contributed by atoms with van der Waals surface area (Å²) in [7, 11) is -2.79. The molecule has 1 saturated carbocycles. The molecule has 0 aliphatic heterocycles. The highest BCUT2D eigenvalue weighted by Crippen LogP contribution is 2.53. The normalized spacial score (nSPS) is 26.7. The van der Waals surface area contributed by atoms with Crippen LogP contribution in [0.5, 0.6) is 0 Å². The average Bonchev–Trinajstić information content (AvgIpc) is 2.77. The van der Waals surface area contributed by atoms with E-state index in [0.717, 1.165) is 11.5 Å². The number of allylic oxidation sites excluding steroid dienone is 1. The predicted octanol–water partition coefficient (Wildman–Crippen LogP) is 4.44. The first-order valence-electron chi connectivity index (χ1n) is 6.34. The Morgan fingerprint density at radius 3 is 2.00 bits per heavy atom. The van der Waals surface area contributed by atoms with Crippen LogP contribution in [0.3, 0.4) is 0 Å². The van der Waals surface area contributed by atoms with Crippen LogP contribution in [0.1, 0.15) is 20.3 Å². The van der Waals surface area contributed by atoms with Gasteiger partial charge in [0.25, 0.3) is 0 Å². The van der Waals surface area contributed by atoms with Gasteiger partial charge in [-0.15, -0.1) is 6.58 Å². The second-order valence-corrected chi connectivity index (χ2v) is 17.1. The van der Waals surface area contributed by atoms with Crippen molar-refractivity contribution in [2.24, 2.45) is 5.92 Å². The monoisotopic (exact) mass is 256 g/mol. The summed E-state index contributed by atoms with van der Waals surface area (Å²) < 4.78 is 6.60. The predicted molar refractivity (Wildman–Crippen MR) is 78.0 cm³/mol. The fourth-order valence-corrected chi connectivity index (χ4v) is 7.65. The van der Waals surface area contributed by atoms with Crippen LogP contribution in [0.25, 0.3) is 0 Å². The van der Waals surface area contributed by atoms with Crippen molar-refractivity contribution < 1.29 is 4.43 Å². The fraction of sp³-hybridized carbons (Fsp3) is 0.846. The molecule has 0 bridgehead atoms. The Morgan fingerprint density at radius 2 is 1.69 bits per heavy atom. The van der Waals surface area contributed by atoms with E-state index in [1.54, 1.807) is 0 Å². The van der Waals surface area contributed by atoms with Gasteiger partial charge in [-0.3, -0.25) is 0 Å². The van der Waals surface area contributed by atoms with Crippen LogP contribution >= 0.6 is 0 Å². The maximum absolute atomic E-state index is 6.60. The second-order valence-electron chi connectivity index (χ2n) is 7.21. The van der Waals surface area contributed by atoms with Crippen molar-refractivity contribution in [1.82, 2.24) is 0 Å². The van der Waals surface area contributed by atoms with Gasteiger partial charge in [-0.25, -0.2) is 0 Å². The summed E-state index contributed by atoms with van der Waals surface area (Å²) in [6, 6.07) is 0. The molecule has 1 aliphatic carbocycles. The smallest absolute Gasteiger partial charge is 0.190 e. The van der Waals surface area contributed by atoms with Crippen molar-refractivity contribution in [3.05, 3.63) is 12.7 Å². The number of hydrogen-bond donors (Lipinski definition) is 0. The summed E-state index contributed by atoms with van der Waals surface area (Å²) >= 11 is 0. The van der Waals surface area contributed by atoms with Crippen molar-refractivity contribution in [1.29, 1.82) is 0 Å². The minimum atomic E-state index is -1.54. The van der Waals surface area contributed by atoms with Crippen LogP contribution in [0.4, 0.5) is 0 Å². The van der Waals surface area contributed by atoms with E-state index in [1.807, 2.05) is 0 Å². The summed E-state index contributed by atoms with van der Waals surface area (Å²) in [5.74, 6) is 0.735. The Morgan fingerprint density at radius 1 is 1.19 bits per heavy atom. The van der Waals surface area contributed by atoms with Crippen molar-refractivity contribution >= 4 is 16.4 Å². The van der Waals surface area contributed by atoms with Gasteiger partial charge in [0.2, 0.25) is 0 Å². The highest BCUT2D eigenvalue weighted by atomic mass is 28.4. The second kappa shape index (κ2) is 4.11. The van der Waals surface area contributed by atoms with Gasteiger partial charge in [0.05, 0.1) is 8.07 Å². The summed E-state index contributed by atoms with van der Waals surface area (Å²) in [5.41, 5.74) is 0.806. The van der Waals surface area contributed by atoms with E-state index in [9.17, 15) is 0 Å². The molecule has 1 fully saturated rings. The summed E-state index contributed by atoms with van der Waals surface area (Å²) in [6.45, 7) is 20.4. The molecule has 1 rings (SSSR count). The van der Waals surface area contributed by atoms with Crippen LogP contribution in [-0.2, 0) is 4.43 Å². The van der Waals surface area contributed by atoms with Crippen molar-refractivity contribution in [2.45, 2.75) is 63.8 Å². The lowest BCUT2D eigenvalue weighted by molar-refractivity contribution is 0.173. The quantitative estimate of drug-likeness (QED) is 0.522. The number of hydrogen-bond acceptors (Lipinski definition) is 1. The highest BCUT2D eigenvalue weighted by molar-refractivity contribution is 6.81. The van der Waals surface area contributed by atoms with Crippen LogP contribution in [0.15, 0.2) is 12.7 Å². The minimum absolute atomic E-state index is 0.0943. The molecule has 0 aromatic carbocycles. The lowest BCUT2D eigenvalue weighted by Gasteiger charge is -2.43. The van der Waals surface area contributed by atoms with E-state index in [4.69, 9.17) is 4.43 Å². The van der Waals surface area contributed by atoms with Gasteiger partial charge < -0.3 is 4.43 Å². The topological polar surface area (TPSA) is 9.23 Å². The van der Waals surface area contributed by atoms with Crippen LogP contribution in [0.2, 0.25) is 38.3 Å². The molecule has 1 aliphatic rings. The molecule has 0 radical (unpaired) electrons. The molecule has 0 saturated heterocycles. The molecule has 2 atom stereocenters. The molecule has 0 spiro atoms. The molecule has 94 valence electrons. The van der Waals surface area contributed by atoms with Gasteiger partial charge in [-0.2, -0.15) is 0 Å². The molecule has 2 unspecified atom stereocenters. The molecule has 16 heavy (non-hydrogen) atoms. The SMILES string of the molecule is C=CC1CC1[Si](C)(C)OC(C)(C)[Si](C)(C)C. The van der Waals surface area contributed by atoms with Crippen molar-refractivity contribution in [3.63, 3.8) is 0 Å². The minimum Gasteiger partial charge on any atom is -0.415 e. The molecule has 0 heterocycles. The summed E-state index contributed by atoms with van der Waals surface area (Å²) in [5, 5.41) is 0.0943. The highest BCUT2D eigenvalue weighted by Gasteiger charge is 2.52. The average molecular weight is 257 g/mol. The molecule has 0 N–H and O–H groups in total. The van der Waals surface area contributed by atoms with Gasteiger partial charge in [0.1, 0.15) is 0 Å². The Labute approximate surface area is 103 Å². The van der Waals surface area contributed by atoms with Crippen LogP contribution in [-0.4, -0.2) is 21.6 Å². The zero-order chi connectivity index (χ0) is 12.8. The summed E-state index contributed by atoms with van der Waals surface area (Å²) in [4.78, 5) is 0. The first-order valence-corrected chi connectivity index (χ1v) is 12.8. The lowest BCUT2D eigenvalue weighted by Crippen LogP contribution is -2.55. The molecular weight excluding hydrogens is 228 g/mol. The van der Waals surface area contributed by atoms with Crippen molar-refractivity contribution in [3.8, 4) is 0 Å². The molecule has 3 heteroatoms.